The zero-order valence-corrected chi connectivity index (χ0v) is 11.9. The number of carboxylic acids is 1. The number of amides is 1. The summed E-state index contributed by atoms with van der Waals surface area (Å²) in [6, 6.07) is -1.16. The first-order chi connectivity index (χ1) is 8.76. The second-order valence-electron chi connectivity index (χ2n) is 4.48. The predicted molar refractivity (Wildman–Crippen MR) is 71.4 cm³/mol. The van der Waals surface area contributed by atoms with Gasteiger partial charge in [0.2, 0.25) is 5.91 Å². The number of aliphatic carboxylic acids is 1. The Morgan fingerprint density at radius 1 is 1.26 bits per heavy atom. The summed E-state index contributed by atoms with van der Waals surface area (Å²) in [4.78, 5) is 22.4. The van der Waals surface area contributed by atoms with E-state index in [1.54, 1.807) is 0 Å². The van der Waals surface area contributed by atoms with Gasteiger partial charge in [-0.15, -0.1) is 0 Å². The molecule has 0 rings (SSSR count). The van der Waals surface area contributed by atoms with Gasteiger partial charge in [0, 0.05) is 12.7 Å². The Bertz CT molecular complexity index is 394. The highest BCUT2D eigenvalue weighted by Crippen LogP contribution is 2.01. The third-order valence-corrected chi connectivity index (χ3v) is 3.50. The molecule has 112 valence electrons. The van der Waals surface area contributed by atoms with Crippen LogP contribution in [0.3, 0.4) is 0 Å². The Labute approximate surface area is 113 Å². The quantitative estimate of drug-likeness (QED) is 0.467. The standard InChI is InChI=1S/C11H22N2O5S/c1-19(17,18)8-6-9(11(15)16)13-10(14)5-3-2-4-7-12/h9H,2-8,12H2,1H3,(H,13,14)(H,15,16). The fourth-order valence-corrected chi connectivity index (χ4v) is 2.13. The van der Waals surface area contributed by atoms with Crippen molar-refractivity contribution in [1.82, 2.24) is 5.32 Å². The van der Waals surface area contributed by atoms with E-state index < -0.39 is 21.8 Å². The molecular weight excluding hydrogens is 272 g/mol. The second-order valence-corrected chi connectivity index (χ2v) is 6.74. The summed E-state index contributed by atoms with van der Waals surface area (Å²) in [5, 5.41) is 11.2. The molecular formula is C11H22N2O5S. The third kappa shape index (κ3) is 10.5. The lowest BCUT2D eigenvalue weighted by Crippen LogP contribution is -2.41. The summed E-state index contributed by atoms with van der Waals surface area (Å²) in [5.41, 5.74) is 5.31. The lowest BCUT2D eigenvalue weighted by atomic mass is 10.1. The molecule has 0 aliphatic rings. The zero-order valence-electron chi connectivity index (χ0n) is 11.1. The van der Waals surface area contributed by atoms with Crippen LogP contribution in [-0.4, -0.2) is 50.0 Å². The van der Waals surface area contributed by atoms with Crippen molar-refractivity contribution in [3.05, 3.63) is 0 Å². The molecule has 4 N–H and O–H groups in total. The average Bonchev–Trinajstić information content (AvgIpc) is 2.28. The van der Waals surface area contributed by atoms with Gasteiger partial charge in [0.05, 0.1) is 5.75 Å². The molecule has 0 aromatic rings. The molecule has 0 saturated carbocycles. The van der Waals surface area contributed by atoms with E-state index >= 15 is 0 Å². The lowest BCUT2D eigenvalue weighted by molar-refractivity contribution is -0.141. The van der Waals surface area contributed by atoms with Gasteiger partial charge in [0.25, 0.3) is 0 Å². The average molecular weight is 294 g/mol. The van der Waals surface area contributed by atoms with Crippen molar-refractivity contribution in [2.45, 2.75) is 38.1 Å². The minimum absolute atomic E-state index is 0.122. The van der Waals surface area contributed by atoms with Crippen molar-refractivity contribution in [2.24, 2.45) is 5.73 Å². The van der Waals surface area contributed by atoms with Gasteiger partial charge in [-0.05, 0) is 25.8 Å². The fraction of sp³-hybridized carbons (Fsp3) is 0.818. The number of rotatable bonds is 10. The van der Waals surface area contributed by atoms with Gasteiger partial charge in [0.15, 0.2) is 0 Å². The van der Waals surface area contributed by atoms with Gasteiger partial charge in [0.1, 0.15) is 15.9 Å². The molecule has 19 heavy (non-hydrogen) atoms. The molecule has 8 heteroatoms. The SMILES string of the molecule is CS(=O)(=O)CCC(NC(=O)CCCCCN)C(=O)O. The highest BCUT2D eigenvalue weighted by atomic mass is 32.2. The Hall–Kier alpha value is -1.15. The molecule has 0 aromatic carbocycles. The summed E-state index contributed by atoms with van der Waals surface area (Å²) in [5.74, 6) is -1.87. The van der Waals surface area contributed by atoms with E-state index in [1.807, 2.05) is 0 Å². The Kier molecular flexibility index (Phi) is 8.33. The molecule has 0 aliphatic carbocycles. The molecule has 0 bridgehead atoms. The molecule has 1 unspecified atom stereocenters. The van der Waals surface area contributed by atoms with Crippen molar-refractivity contribution in [3.8, 4) is 0 Å². The van der Waals surface area contributed by atoms with Crippen LogP contribution in [0.15, 0.2) is 0 Å². The van der Waals surface area contributed by atoms with E-state index in [-0.39, 0.29) is 24.5 Å². The van der Waals surface area contributed by atoms with Gasteiger partial charge in [-0.3, -0.25) is 4.79 Å². The number of hydrogen-bond acceptors (Lipinski definition) is 5. The van der Waals surface area contributed by atoms with Crippen LogP contribution >= 0.6 is 0 Å². The normalized spacial score (nSPS) is 12.9. The van der Waals surface area contributed by atoms with Crippen LogP contribution in [0.2, 0.25) is 0 Å². The van der Waals surface area contributed by atoms with E-state index in [0.29, 0.717) is 13.0 Å². The topological polar surface area (TPSA) is 127 Å². The molecule has 0 fully saturated rings. The molecule has 1 atom stereocenters. The summed E-state index contributed by atoms with van der Waals surface area (Å²) in [6.45, 7) is 0.563. The van der Waals surface area contributed by atoms with Crippen LogP contribution in [0, 0.1) is 0 Å². The summed E-state index contributed by atoms with van der Waals surface area (Å²) < 4.78 is 21.9. The highest BCUT2D eigenvalue weighted by Gasteiger charge is 2.21. The molecule has 0 saturated heterocycles. The van der Waals surface area contributed by atoms with E-state index in [2.05, 4.69) is 5.32 Å². The molecule has 0 radical (unpaired) electrons. The van der Waals surface area contributed by atoms with E-state index in [9.17, 15) is 18.0 Å². The van der Waals surface area contributed by atoms with Gasteiger partial charge < -0.3 is 16.2 Å². The van der Waals surface area contributed by atoms with Crippen LogP contribution < -0.4 is 11.1 Å². The Morgan fingerprint density at radius 3 is 2.37 bits per heavy atom. The van der Waals surface area contributed by atoms with Crippen LogP contribution in [0.1, 0.15) is 32.1 Å². The number of carboxylic acid groups (broad SMARTS) is 1. The number of hydrogen-bond donors (Lipinski definition) is 3. The third-order valence-electron chi connectivity index (χ3n) is 2.52. The Morgan fingerprint density at radius 2 is 1.89 bits per heavy atom. The van der Waals surface area contributed by atoms with E-state index in [4.69, 9.17) is 10.8 Å². The van der Waals surface area contributed by atoms with Crippen molar-refractivity contribution >= 4 is 21.7 Å². The van der Waals surface area contributed by atoms with Crippen LogP contribution in [0.5, 0.6) is 0 Å². The first-order valence-electron chi connectivity index (χ1n) is 6.16. The van der Waals surface area contributed by atoms with Gasteiger partial charge in [-0.2, -0.15) is 0 Å². The van der Waals surface area contributed by atoms with Crippen molar-refractivity contribution in [2.75, 3.05) is 18.6 Å². The monoisotopic (exact) mass is 294 g/mol. The second kappa shape index (κ2) is 8.87. The van der Waals surface area contributed by atoms with Crippen molar-refractivity contribution in [3.63, 3.8) is 0 Å². The number of nitrogens with two attached hydrogens (primary N) is 1. The molecule has 7 nitrogen and oxygen atoms in total. The van der Waals surface area contributed by atoms with E-state index in [0.717, 1.165) is 19.1 Å². The van der Waals surface area contributed by atoms with Crippen LogP contribution in [-0.2, 0) is 19.4 Å². The van der Waals surface area contributed by atoms with Gasteiger partial charge in [-0.25, -0.2) is 13.2 Å². The Balaban J connectivity index is 4.12. The lowest BCUT2D eigenvalue weighted by Gasteiger charge is -2.13. The number of nitrogens with one attached hydrogen (secondary N) is 1. The predicted octanol–water partition coefficient (Wildman–Crippen LogP) is -0.490. The summed E-state index contributed by atoms with van der Waals surface area (Å²) in [7, 11) is -3.24. The largest absolute Gasteiger partial charge is 0.480 e. The maximum atomic E-state index is 11.5. The first-order valence-corrected chi connectivity index (χ1v) is 8.22. The number of carbonyl (C=O) groups excluding carboxylic acids is 1. The zero-order chi connectivity index (χ0) is 14.9. The molecule has 1 amide bonds. The molecule has 0 heterocycles. The van der Waals surface area contributed by atoms with Crippen LogP contribution in [0.25, 0.3) is 0 Å². The fourth-order valence-electron chi connectivity index (χ4n) is 1.46. The minimum Gasteiger partial charge on any atom is -0.480 e. The maximum absolute atomic E-state index is 11.5. The van der Waals surface area contributed by atoms with E-state index in [1.165, 1.54) is 0 Å². The van der Waals surface area contributed by atoms with Crippen molar-refractivity contribution in [1.29, 1.82) is 0 Å². The summed E-state index contributed by atoms with van der Waals surface area (Å²) in [6.07, 6.45) is 3.40. The number of sulfone groups is 1. The molecule has 0 aliphatic heterocycles. The minimum atomic E-state index is -3.24. The molecule has 0 spiro atoms. The molecule has 0 aromatic heterocycles. The van der Waals surface area contributed by atoms with Crippen molar-refractivity contribution < 1.29 is 23.1 Å². The summed E-state index contributed by atoms with van der Waals surface area (Å²) >= 11 is 0. The van der Waals surface area contributed by atoms with Crippen LogP contribution in [0.4, 0.5) is 0 Å². The maximum Gasteiger partial charge on any atom is 0.326 e. The smallest absolute Gasteiger partial charge is 0.326 e. The number of carbonyl (C=O) groups is 2. The number of unbranched alkanes of at least 4 members (excludes halogenated alkanes) is 2. The van der Waals surface area contributed by atoms with Gasteiger partial charge in [-0.1, -0.05) is 6.42 Å². The highest BCUT2D eigenvalue weighted by molar-refractivity contribution is 7.90. The first kappa shape index (κ1) is 17.8. The van der Waals surface area contributed by atoms with Gasteiger partial charge >= 0.3 is 5.97 Å².